The second kappa shape index (κ2) is 2.39. The first-order valence-corrected chi connectivity index (χ1v) is 11.4. The Labute approximate surface area is 142 Å². The molecule has 12 atom stereocenters. The predicted molar refractivity (Wildman–Crippen MR) is 83.2 cm³/mol. The van der Waals surface area contributed by atoms with E-state index in [0.717, 1.165) is 10.8 Å². The molecule has 12 rings (SSSR count). The minimum atomic E-state index is 0.792. The summed E-state index contributed by atoms with van der Waals surface area (Å²) >= 11 is 0. The normalized spacial score (nSPS) is 98.2. The number of hydrogen-bond donors (Lipinski definition) is 2. The van der Waals surface area contributed by atoms with Gasteiger partial charge < -0.3 is 11.5 Å². The van der Waals surface area contributed by atoms with Gasteiger partial charge in [-0.05, 0) is 107 Å². The van der Waals surface area contributed by atoms with Crippen LogP contribution in [0.5, 0.6) is 0 Å². The van der Waals surface area contributed by atoms with Crippen LogP contribution < -0.4 is 11.5 Å². The van der Waals surface area contributed by atoms with Crippen LogP contribution in [0.4, 0.5) is 0 Å². The molecule has 0 spiro atoms. The molecule has 12 aliphatic rings. The molecule has 124 valence electrons. The van der Waals surface area contributed by atoms with E-state index in [1.54, 1.807) is 0 Å². The lowest BCUT2D eigenvalue weighted by atomic mass is 9.63. The molecule has 12 unspecified atom stereocenters. The summed E-state index contributed by atoms with van der Waals surface area (Å²) in [5, 5.41) is 0. The van der Waals surface area contributed by atoms with Crippen molar-refractivity contribution in [2.24, 2.45) is 117 Å². The largest absolute Gasteiger partial charge is 0.357 e. The van der Waals surface area contributed by atoms with Crippen molar-refractivity contribution in [2.45, 2.75) is 0 Å². The van der Waals surface area contributed by atoms with E-state index in [1.807, 2.05) is 0 Å². The van der Waals surface area contributed by atoms with Crippen molar-refractivity contribution in [2.75, 3.05) is 13.1 Å². The molecule has 12 aliphatic carbocycles. The lowest BCUT2D eigenvalue weighted by Gasteiger charge is -2.40. The molecule has 0 saturated heterocycles. The molecule has 0 aliphatic heterocycles. The standard InChI is InChI=1S/C22H26N2/c23-1-21-15-5-3-4-6(15)10-12-8(4)16-7(3)11-9(5)17(21)13-14(18(10)21)20(12)22(16,2-24)19(11)13/h3-20H,1-2,23-24H2/p+2. The van der Waals surface area contributed by atoms with Gasteiger partial charge in [-0.3, -0.25) is 0 Å². The van der Waals surface area contributed by atoms with Crippen LogP contribution in [-0.2, 0) is 0 Å². The van der Waals surface area contributed by atoms with Gasteiger partial charge in [0.15, 0.2) is 0 Å². The van der Waals surface area contributed by atoms with Gasteiger partial charge in [0.2, 0.25) is 0 Å². The van der Waals surface area contributed by atoms with Crippen LogP contribution in [0.1, 0.15) is 0 Å². The molecule has 12 saturated carbocycles. The van der Waals surface area contributed by atoms with Crippen LogP contribution in [-0.4, -0.2) is 13.1 Å². The molecule has 0 aromatic heterocycles. The van der Waals surface area contributed by atoms with Crippen molar-refractivity contribution < 1.29 is 11.5 Å². The summed E-state index contributed by atoms with van der Waals surface area (Å²) in [5.41, 5.74) is 11.0. The Balaban J connectivity index is 1.43. The number of rotatable bonds is 2. The molecule has 0 bridgehead atoms. The van der Waals surface area contributed by atoms with Crippen molar-refractivity contribution >= 4 is 0 Å². The van der Waals surface area contributed by atoms with Gasteiger partial charge in [0, 0.05) is 10.8 Å². The summed E-state index contributed by atoms with van der Waals surface area (Å²) in [5.74, 6) is 21.8. The lowest BCUT2D eigenvalue weighted by Crippen LogP contribution is -2.63. The molecule has 2 nitrogen and oxygen atoms in total. The first-order chi connectivity index (χ1) is 11.9. The summed E-state index contributed by atoms with van der Waals surface area (Å²) in [7, 11) is 0. The second-order valence-corrected chi connectivity index (χ2v) is 12.8. The summed E-state index contributed by atoms with van der Waals surface area (Å²) < 4.78 is 0. The maximum atomic E-state index is 4.71. The molecule has 0 aromatic carbocycles. The Morgan fingerprint density at radius 2 is 0.625 bits per heavy atom. The Bertz CT molecular complexity index is 714. The van der Waals surface area contributed by atoms with Crippen LogP contribution in [0.15, 0.2) is 0 Å². The van der Waals surface area contributed by atoms with E-state index in [4.69, 9.17) is 11.5 Å². The lowest BCUT2D eigenvalue weighted by molar-refractivity contribution is -0.405. The van der Waals surface area contributed by atoms with Crippen molar-refractivity contribution in [3.63, 3.8) is 0 Å². The Kier molecular flexibility index (Phi) is 1.09. The van der Waals surface area contributed by atoms with Crippen molar-refractivity contribution in [3.8, 4) is 0 Å². The van der Waals surface area contributed by atoms with Gasteiger partial charge in [-0.15, -0.1) is 0 Å². The van der Waals surface area contributed by atoms with Crippen LogP contribution in [0.3, 0.4) is 0 Å². The monoisotopic (exact) mass is 320 g/mol. The van der Waals surface area contributed by atoms with Gasteiger partial charge in [-0.25, -0.2) is 0 Å². The van der Waals surface area contributed by atoms with E-state index < -0.39 is 0 Å². The second-order valence-electron chi connectivity index (χ2n) is 12.8. The average molecular weight is 320 g/mol. The maximum Gasteiger partial charge on any atom is 0.0805 e. The summed E-state index contributed by atoms with van der Waals surface area (Å²) in [6, 6.07) is 0. The molecule has 12 fully saturated rings. The van der Waals surface area contributed by atoms with Crippen LogP contribution in [0.2, 0.25) is 0 Å². The highest BCUT2D eigenvalue weighted by Crippen LogP contribution is 3.05. The van der Waals surface area contributed by atoms with E-state index in [1.165, 1.54) is 120 Å². The van der Waals surface area contributed by atoms with E-state index >= 15 is 0 Å². The first-order valence-electron chi connectivity index (χ1n) is 11.4. The Morgan fingerprint density at radius 3 is 0.917 bits per heavy atom. The van der Waals surface area contributed by atoms with Gasteiger partial charge in [0.25, 0.3) is 0 Å². The quantitative estimate of drug-likeness (QED) is 0.701. The highest BCUT2D eigenvalue weighted by molar-refractivity contribution is 5.50. The van der Waals surface area contributed by atoms with Crippen LogP contribution in [0.25, 0.3) is 0 Å². The Hall–Kier alpha value is -0.0800. The molecule has 0 heterocycles. The topological polar surface area (TPSA) is 55.3 Å². The van der Waals surface area contributed by atoms with Crippen molar-refractivity contribution in [3.05, 3.63) is 0 Å². The summed E-state index contributed by atoms with van der Waals surface area (Å²) in [6.07, 6.45) is 0. The highest BCUT2D eigenvalue weighted by atomic mass is 15.1. The zero-order chi connectivity index (χ0) is 14.8. The predicted octanol–water partition coefficient (Wildman–Crippen LogP) is -0.316. The van der Waals surface area contributed by atoms with Gasteiger partial charge in [-0.2, -0.15) is 0 Å². The smallest absolute Gasteiger partial charge is 0.0805 e. The summed E-state index contributed by atoms with van der Waals surface area (Å²) in [4.78, 5) is 0. The third kappa shape index (κ3) is 0.504. The fourth-order valence-electron chi connectivity index (χ4n) is 17.0. The fraction of sp³-hybridized carbons (Fsp3) is 1.00. The van der Waals surface area contributed by atoms with Crippen LogP contribution >= 0.6 is 0 Å². The molecule has 0 aromatic rings. The minimum absolute atomic E-state index is 0.792. The molecule has 24 heavy (non-hydrogen) atoms. The van der Waals surface area contributed by atoms with E-state index in [2.05, 4.69) is 0 Å². The zero-order valence-electron chi connectivity index (χ0n) is 14.2. The molecular weight excluding hydrogens is 292 g/mol. The zero-order valence-corrected chi connectivity index (χ0v) is 14.2. The maximum absolute atomic E-state index is 4.71. The van der Waals surface area contributed by atoms with Gasteiger partial charge in [0.1, 0.15) is 0 Å². The van der Waals surface area contributed by atoms with E-state index in [-0.39, 0.29) is 0 Å². The third-order valence-corrected chi connectivity index (χ3v) is 14.9. The minimum Gasteiger partial charge on any atom is -0.357 e. The van der Waals surface area contributed by atoms with Gasteiger partial charge >= 0.3 is 0 Å². The van der Waals surface area contributed by atoms with Gasteiger partial charge in [0.05, 0.1) is 13.1 Å². The number of hydrogen-bond acceptors (Lipinski definition) is 0. The SMILES string of the molecule is [NH3+]CC12C3C4C5C6C3C3C7C6C6C5C5C4C1C1C(C32)C7C6(C[NH3+])C51. The fourth-order valence-corrected chi connectivity index (χ4v) is 17.0. The molecule has 0 radical (unpaired) electrons. The molecular formula is C22H28N2+2. The summed E-state index contributed by atoms with van der Waals surface area (Å²) in [6.45, 7) is 2.68. The Morgan fingerprint density at radius 1 is 0.375 bits per heavy atom. The molecule has 0 amide bonds. The first kappa shape index (κ1) is 10.9. The van der Waals surface area contributed by atoms with E-state index in [9.17, 15) is 0 Å². The van der Waals surface area contributed by atoms with E-state index in [0.29, 0.717) is 0 Å². The molecule has 2 heteroatoms. The third-order valence-electron chi connectivity index (χ3n) is 14.9. The highest BCUT2D eigenvalue weighted by Gasteiger charge is 3.04. The van der Waals surface area contributed by atoms with Crippen LogP contribution in [0, 0.1) is 117 Å². The average Bonchev–Trinajstić information content (AvgIpc) is 3.27. The van der Waals surface area contributed by atoms with Gasteiger partial charge in [-0.1, -0.05) is 0 Å². The number of quaternary nitrogens is 2. The van der Waals surface area contributed by atoms with Crippen molar-refractivity contribution in [1.29, 1.82) is 0 Å². The molecule has 6 N–H and O–H groups in total. The van der Waals surface area contributed by atoms with Crippen molar-refractivity contribution in [1.82, 2.24) is 0 Å².